The number of likely N-dealkylation sites (tertiary alicyclic amines) is 1. The summed E-state index contributed by atoms with van der Waals surface area (Å²) in [6.07, 6.45) is 1.28. The molecule has 1 N–H and O–H groups in total. The van der Waals surface area contributed by atoms with Crippen LogP contribution in [0.5, 0.6) is 0 Å². The molecule has 1 aromatic rings. The number of anilines is 1. The van der Waals surface area contributed by atoms with Crippen molar-refractivity contribution in [2.24, 2.45) is 5.92 Å². The molecule has 2 heterocycles. The maximum atomic E-state index is 6.14. The Morgan fingerprint density at radius 2 is 2.32 bits per heavy atom. The van der Waals surface area contributed by atoms with Gasteiger partial charge in [-0.15, -0.1) is 0 Å². The SMILES string of the molecule is CNCc1nc(N(C)CC2CCN(C)C2)ccc1Cl. The summed E-state index contributed by atoms with van der Waals surface area (Å²) < 4.78 is 0. The van der Waals surface area contributed by atoms with Gasteiger partial charge in [0.15, 0.2) is 0 Å². The summed E-state index contributed by atoms with van der Waals surface area (Å²) in [5, 5.41) is 3.83. The molecule has 2 rings (SSSR count). The third-order valence-corrected chi connectivity index (χ3v) is 4.00. The smallest absolute Gasteiger partial charge is 0.128 e. The summed E-state index contributed by atoms with van der Waals surface area (Å²) in [5.41, 5.74) is 0.914. The quantitative estimate of drug-likeness (QED) is 0.893. The Bertz CT molecular complexity index is 424. The molecule has 5 heteroatoms. The Labute approximate surface area is 120 Å². The molecule has 1 aliphatic rings. The van der Waals surface area contributed by atoms with Crippen molar-refractivity contribution in [3.8, 4) is 0 Å². The van der Waals surface area contributed by atoms with Crippen molar-refractivity contribution in [3.05, 3.63) is 22.8 Å². The van der Waals surface area contributed by atoms with Gasteiger partial charge in [-0.1, -0.05) is 11.6 Å². The number of pyridine rings is 1. The van der Waals surface area contributed by atoms with E-state index in [1.165, 1.54) is 19.5 Å². The van der Waals surface area contributed by atoms with Crippen LogP contribution in [0.4, 0.5) is 5.82 Å². The molecule has 1 aliphatic heterocycles. The van der Waals surface area contributed by atoms with Crippen molar-refractivity contribution in [2.75, 3.05) is 45.7 Å². The van der Waals surface area contributed by atoms with Gasteiger partial charge in [-0.25, -0.2) is 4.98 Å². The van der Waals surface area contributed by atoms with Gasteiger partial charge in [-0.3, -0.25) is 0 Å². The number of aromatic nitrogens is 1. The number of nitrogens with zero attached hydrogens (tertiary/aromatic N) is 3. The zero-order chi connectivity index (χ0) is 13.8. The fraction of sp³-hybridized carbons (Fsp3) is 0.643. The largest absolute Gasteiger partial charge is 0.359 e. The van der Waals surface area contributed by atoms with Crippen LogP contribution in [0.15, 0.2) is 12.1 Å². The summed E-state index contributed by atoms with van der Waals surface area (Å²) >= 11 is 6.14. The maximum absolute atomic E-state index is 6.14. The van der Waals surface area contributed by atoms with Gasteiger partial charge >= 0.3 is 0 Å². The lowest BCUT2D eigenvalue weighted by molar-refractivity contribution is 0.395. The van der Waals surface area contributed by atoms with Crippen molar-refractivity contribution < 1.29 is 0 Å². The highest BCUT2D eigenvalue weighted by molar-refractivity contribution is 6.31. The number of hydrogen-bond acceptors (Lipinski definition) is 4. The molecule has 0 saturated carbocycles. The van der Waals surface area contributed by atoms with E-state index < -0.39 is 0 Å². The standard InChI is InChI=1S/C14H23ClN4/c1-16-8-13-12(15)4-5-14(17-13)19(3)10-11-6-7-18(2)9-11/h4-5,11,16H,6-10H2,1-3H3. The Morgan fingerprint density at radius 3 is 2.95 bits per heavy atom. The zero-order valence-corrected chi connectivity index (χ0v) is 12.7. The van der Waals surface area contributed by atoms with E-state index in [1.54, 1.807) is 0 Å². The third-order valence-electron chi connectivity index (χ3n) is 3.66. The zero-order valence-electron chi connectivity index (χ0n) is 12.0. The molecule has 106 valence electrons. The van der Waals surface area contributed by atoms with E-state index in [0.29, 0.717) is 6.54 Å². The molecule has 1 atom stereocenters. The van der Waals surface area contributed by atoms with Gasteiger partial charge in [0, 0.05) is 26.7 Å². The van der Waals surface area contributed by atoms with Crippen LogP contribution < -0.4 is 10.2 Å². The first-order valence-corrected chi connectivity index (χ1v) is 7.17. The summed E-state index contributed by atoms with van der Waals surface area (Å²) in [6.45, 7) is 4.14. The van der Waals surface area contributed by atoms with Crippen LogP contribution in [0.1, 0.15) is 12.1 Å². The number of rotatable bonds is 5. The van der Waals surface area contributed by atoms with Crippen molar-refractivity contribution in [1.82, 2.24) is 15.2 Å². The molecule has 1 unspecified atom stereocenters. The predicted molar refractivity (Wildman–Crippen MR) is 80.9 cm³/mol. The Hall–Kier alpha value is -0.840. The van der Waals surface area contributed by atoms with Crippen LogP contribution in [0.25, 0.3) is 0 Å². The van der Waals surface area contributed by atoms with Gasteiger partial charge in [0.2, 0.25) is 0 Å². The summed E-state index contributed by atoms with van der Waals surface area (Å²) in [5.74, 6) is 1.74. The first-order chi connectivity index (χ1) is 9.10. The maximum Gasteiger partial charge on any atom is 0.128 e. The van der Waals surface area contributed by atoms with Crippen molar-refractivity contribution in [2.45, 2.75) is 13.0 Å². The van der Waals surface area contributed by atoms with Crippen LogP contribution in [0.2, 0.25) is 5.02 Å². The normalized spacial score (nSPS) is 19.9. The first-order valence-electron chi connectivity index (χ1n) is 6.80. The molecule has 0 amide bonds. The molecule has 4 nitrogen and oxygen atoms in total. The number of hydrogen-bond donors (Lipinski definition) is 1. The molecular formula is C14H23ClN4. The molecular weight excluding hydrogens is 260 g/mol. The van der Waals surface area contributed by atoms with E-state index in [0.717, 1.165) is 29.0 Å². The van der Waals surface area contributed by atoms with Gasteiger partial charge in [-0.2, -0.15) is 0 Å². The van der Waals surface area contributed by atoms with Crippen LogP contribution >= 0.6 is 11.6 Å². The molecule has 1 aromatic heterocycles. The van der Waals surface area contributed by atoms with Gasteiger partial charge in [-0.05, 0) is 45.1 Å². The molecule has 1 fully saturated rings. The van der Waals surface area contributed by atoms with Crippen LogP contribution in [0.3, 0.4) is 0 Å². The van der Waals surface area contributed by atoms with Crippen molar-refractivity contribution in [3.63, 3.8) is 0 Å². The summed E-state index contributed by atoms with van der Waals surface area (Å²) in [4.78, 5) is 9.27. The van der Waals surface area contributed by atoms with Crippen molar-refractivity contribution in [1.29, 1.82) is 0 Å². The minimum Gasteiger partial charge on any atom is -0.359 e. The molecule has 0 bridgehead atoms. The Morgan fingerprint density at radius 1 is 1.53 bits per heavy atom. The van der Waals surface area contributed by atoms with Crippen LogP contribution in [0, 0.1) is 5.92 Å². The van der Waals surface area contributed by atoms with Gasteiger partial charge in [0.25, 0.3) is 0 Å². The summed E-state index contributed by atoms with van der Waals surface area (Å²) in [7, 11) is 6.20. The highest BCUT2D eigenvalue weighted by Gasteiger charge is 2.21. The van der Waals surface area contributed by atoms with Gasteiger partial charge in [0.05, 0.1) is 10.7 Å². The van der Waals surface area contributed by atoms with Crippen LogP contribution in [-0.4, -0.2) is 50.7 Å². The van der Waals surface area contributed by atoms with E-state index in [-0.39, 0.29) is 0 Å². The molecule has 0 aliphatic carbocycles. The van der Waals surface area contributed by atoms with E-state index in [9.17, 15) is 0 Å². The fourth-order valence-corrected chi connectivity index (χ4v) is 2.81. The second kappa shape index (κ2) is 6.55. The molecule has 0 aromatic carbocycles. The minimum atomic E-state index is 0.701. The minimum absolute atomic E-state index is 0.701. The van der Waals surface area contributed by atoms with Crippen molar-refractivity contribution >= 4 is 17.4 Å². The van der Waals surface area contributed by atoms with E-state index >= 15 is 0 Å². The fourth-order valence-electron chi connectivity index (χ4n) is 2.63. The highest BCUT2D eigenvalue weighted by atomic mass is 35.5. The monoisotopic (exact) mass is 282 g/mol. The lowest BCUT2D eigenvalue weighted by Crippen LogP contribution is -2.28. The lowest BCUT2D eigenvalue weighted by atomic mass is 10.1. The molecule has 1 saturated heterocycles. The average molecular weight is 283 g/mol. The van der Waals surface area contributed by atoms with Gasteiger partial charge in [0.1, 0.15) is 5.82 Å². The first kappa shape index (κ1) is 14.6. The highest BCUT2D eigenvalue weighted by Crippen LogP contribution is 2.21. The average Bonchev–Trinajstić information content (AvgIpc) is 2.77. The number of nitrogens with one attached hydrogen (secondary N) is 1. The van der Waals surface area contributed by atoms with E-state index in [4.69, 9.17) is 11.6 Å². The predicted octanol–water partition coefficient (Wildman–Crippen LogP) is 1.84. The second-order valence-corrected chi connectivity index (χ2v) is 5.83. The second-order valence-electron chi connectivity index (χ2n) is 5.43. The topological polar surface area (TPSA) is 31.4 Å². The number of halogens is 1. The molecule has 0 spiro atoms. The van der Waals surface area contributed by atoms with Gasteiger partial charge < -0.3 is 15.1 Å². The third kappa shape index (κ3) is 3.81. The van der Waals surface area contributed by atoms with E-state index in [2.05, 4.69) is 34.2 Å². The summed E-state index contributed by atoms with van der Waals surface area (Å²) in [6, 6.07) is 3.94. The van der Waals surface area contributed by atoms with Crippen LogP contribution in [-0.2, 0) is 6.54 Å². The van der Waals surface area contributed by atoms with E-state index in [1.807, 2.05) is 19.2 Å². The lowest BCUT2D eigenvalue weighted by Gasteiger charge is -2.23. The Kier molecular flexibility index (Phi) is 5.02. The molecule has 19 heavy (non-hydrogen) atoms. The Balaban J connectivity index is 2.02. The molecule has 0 radical (unpaired) electrons.